The van der Waals surface area contributed by atoms with Crippen LogP contribution in [0.2, 0.25) is 0 Å². The van der Waals surface area contributed by atoms with Gasteiger partial charge in [0.1, 0.15) is 0 Å². The van der Waals surface area contributed by atoms with Crippen molar-refractivity contribution >= 4 is 28.5 Å². The Hall–Kier alpha value is -2.85. The summed E-state index contributed by atoms with van der Waals surface area (Å²) in [5.41, 5.74) is 1.36. The van der Waals surface area contributed by atoms with Crippen molar-refractivity contribution in [3.63, 3.8) is 0 Å². The van der Waals surface area contributed by atoms with Crippen molar-refractivity contribution in [2.75, 3.05) is 12.3 Å². The molecule has 2 N–H and O–H groups in total. The molecule has 0 saturated carbocycles. The molecule has 1 aromatic heterocycles. The zero-order chi connectivity index (χ0) is 23.1. The van der Waals surface area contributed by atoms with Gasteiger partial charge in [0, 0.05) is 22.9 Å². The molecular formula is C22H22F3N3O3S. The van der Waals surface area contributed by atoms with Crippen molar-refractivity contribution < 1.29 is 23.1 Å². The summed E-state index contributed by atoms with van der Waals surface area (Å²) >= 11 is 1.94. The first-order valence-corrected chi connectivity index (χ1v) is 11.0. The van der Waals surface area contributed by atoms with Crippen LogP contribution in [0.1, 0.15) is 24.4 Å². The van der Waals surface area contributed by atoms with Gasteiger partial charge < -0.3 is 10.4 Å². The molecule has 6 nitrogen and oxygen atoms in total. The number of aromatic nitrogens is 2. The Morgan fingerprint density at radius 2 is 1.88 bits per heavy atom. The molecule has 32 heavy (non-hydrogen) atoms. The summed E-state index contributed by atoms with van der Waals surface area (Å²) in [5, 5.41) is 16.7. The number of rotatable bonds is 4. The quantitative estimate of drug-likeness (QED) is 0.600. The summed E-state index contributed by atoms with van der Waals surface area (Å²) < 4.78 is 33.3. The molecule has 0 fully saturated rings. The SMILES string of the molecule is O=C(O)C(F)(F)F.O=c1c2ccccc2cnn1CCNC1CCCSc2ccccc21. The molecule has 3 aromatic rings. The number of nitrogens with zero attached hydrogens (tertiary/aromatic N) is 2. The molecule has 1 unspecified atom stereocenters. The fourth-order valence-electron chi connectivity index (χ4n) is 3.37. The van der Waals surface area contributed by atoms with E-state index >= 15 is 0 Å². The van der Waals surface area contributed by atoms with Crippen molar-refractivity contribution in [1.29, 1.82) is 0 Å². The highest BCUT2D eigenvalue weighted by Crippen LogP contribution is 2.34. The molecule has 1 atom stereocenters. The minimum absolute atomic E-state index is 0.0169. The van der Waals surface area contributed by atoms with E-state index in [1.54, 1.807) is 10.9 Å². The second kappa shape index (κ2) is 10.6. The van der Waals surface area contributed by atoms with Gasteiger partial charge in [-0.3, -0.25) is 4.79 Å². The Kier molecular flexibility index (Phi) is 7.92. The Balaban J connectivity index is 0.000000360. The van der Waals surface area contributed by atoms with Crippen LogP contribution < -0.4 is 10.9 Å². The van der Waals surface area contributed by atoms with Gasteiger partial charge in [-0.25, -0.2) is 9.48 Å². The summed E-state index contributed by atoms with van der Waals surface area (Å²) in [6, 6.07) is 16.6. The Labute approximate surface area is 186 Å². The van der Waals surface area contributed by atoms with Gasteiger partial charge in [0.25, 0.3) is 5.56 Å². The number of carbonyl (C=O) groups is 1. The van der Waals surface area contributed by atoms with Gasteiger partial charge in [0.05, 0.1) is 18.1 Å². The summed E-state index contributed by atoms with van der Waals surface area (Å²) in [6.07, 6.45) is -0.983. The van der Waals surface area contributed by atoms with E-state index in [0.717, 1.165) is 23.7 Å². The molecule has 1 aliphatic rings. The van der Waals surface area contributed by atoms with Crippen LogP contribution in [0.4, 0.5) is 13.2 Å². The van der Waals surface area contributed by atoms with E-state index in [-0.39, 0.29) is 5.56 Å². The summed E-state index contributed by atoms with van der Waals surface area (Å²) in [7, 11) is 0. The van der Waals surface area contributed by atoms with Crippen molar-refractivity contribution in [3.8, 4) is 0 Å². The third-order valence-corrected chi connectivity index (χ3v) is 6.08. The van der Waals surface area contributed by atoms with Gasteiger partial charge in [-0.15, -0.1) is 11.8 Å². The highest BCUT2D eigenvalue weighted by atomic mass is 32.2. The molecule has 0 aliphatic carbocycles. The summed E-state index contributed by atoms with van der Waals surface area (Å²) in [4.78, 5) is 22.8. The Morgan fingerprint density at radius 3 is 2.62 bits per heavy atom. The van der Waals surface area contributed by atoms with E-state index in [2.05, 4.69) is 34.7 Å². The monoisotopic (exact) mass is 465 g/mol. The zero-order valence-corrected chi connectivity index (χ0v) is 17.8. The predicted molar refractivity (Wildman–Crippen MR) is 117 cm³/mol. The lowest BCUT2D eigenvalue weighted by Crippen LogP contribution is -2.31. The van der Waals surface area contributed by atoms with Crippen LogP contribution in [0.5, 0.6) is 0 Å². The zero-order valence-electron chi connectivity index (χ0n) is 17.0. The number of hydrogen-bond donors (Lipinski definition) is 2. The first-order valence-electron chi connectivity index (χ1n) is 9.97. The predicted octanol–water partition coefficient (Wildman–Crippen LogP) is 4.25. The van der Waals surface area contributed by atoms with E-state index in [0.29, 0.717) is 12.6 Å². The number of alkyl halides is 3. The molecule has 0 spiro atoms. The number of nitrogens with one attached hydrogen (secondary N) is 1. The number of carboxylic acid groups (broad SMARTS) is 1. The van der Waals surface area contributed by atoms with E-state index in [4.69, 9.17) is 9.90 Å². The first kappa shape index (κ1) is 23.8. The highest BCUT2D eigenvalue weighted by Gasteiger charge is 2.38. The van der Waals surface area contributed by atoms with Crippen LogP contribution in [-0.4, -0.2) is 39.3 Å². The normalized spacial score (nSPS) is 15.9. The largest absolute Gasteiger partial charge is 0.490 e. The van der Waals surface area contributed by atoms with Crippen LogP contribution in [0.15, 0.2) is 64.4 Å². The number of carboxylic acids is 1. The van der Waals surface area contributed by atoms with Gasteiger partial charge in [0.15, 0.2) is 0 Å². The molecule has 0 saturated heterocycles. The summed E-state index contributed by atoms with van der Waals surface area (Å²) in [6.45, 7) is 1.31. The van der Waals surface area contributed by atoms with Crippen molar-refractivity contribution in [2.24, 2.45) is 0 Å². The summed E-state index contributed by atoms with van der Waals surface area (Å²) in [5.74, 6) is -1.59. The van der Waals surface area contributed by atoms with E-state index in [1.165, 1.54) is 22.6 Å². The fraction of sp³-hybridized carbons (Fsp3) is 0.318. The maximum Gasteiger partial charge on any atom is 0.490 e. The molecule has 1 aliphatic heterocycles. The number of hydrogen-bond acceptors (Lipinski definition) is 5. The van der Waals surface area contributed by atoms with Gasteiger partial charge in [-0.05, 0) is 36.3 Å². The molecule has 10 heteroatoms. The maximum absolute atomic E-state index is 12.5. The lowest BCUT2D eigenvalue weighted by Gasteiger charge is -2.19. The average molecular weight is 465 g/mol. The van der Waals surface area contributed by atoms with E-state index in [1.807, 2.05) is 36.0 Å². The van der Waals surface area contributed by atoms with Gasteiger partial charge >= 0.3 is 12.1 Å². The number of aliphatic carboxylic acids is 1. The van der Waals surface area contributed by atoms with E-state index < -0.39 is 12.1 Å². The Bertz CT molecular complexity index is 1130. The Morgan fingerprint density at radius 1 is 1.19 bits per heavy atom. The lowest BCUT2D eigenvalue weighted by atomic mass is 10.0. The number of halogens is 3. The molecular weight excluding hydrogens is 443 g/mol. The molecule has 4 rings (SSSR count). The van der Waals surface area contributed by atoms with Crippen LogP contribution in [-0.2, 0) is 11.3 Å². The van der Waals surface area contributed by atoms with Gasteiger partial charge in [-0.2, -0.15) is 18.3 Å². The number of fused-ring (bicyclic) bond motifs is 2. The van der Waals surface area contributed by atoms with Crippen molar-refractivity contribution in [1.82, 2.24) is 15.1 Å². The number of benzene rings is 2. The van der Waals surface area contributed by atoms with Crippen molar-refractivity contribution in [2.45, 2.75) is 36.5 Å². The highest BCUT2D eigenvalue weighted by molar-refractivity contribution is 7.99. The van der Waals surface area contributed by atoms with Crippen LogP contribution in [0, 0.1) is 0 Å². The van der Waals surface area contributed by atoms with E-state index in [9.17, 15) is 18.0 Å². The maximum atomic E-state index is 12.5. The van der Waals surface area contributed by atoms with Crippen LogP contribution >= 0.6 is 11.8 Å². The second-order valence-electron chi connectivity index (χ2n) is 7.10. The third-order valence-electron chi connectivity index (χ3n) is 4.91. The smallest absolute Gasteiger partial charge is 0.475 e. The number of thioether (sulfide) groups is 1. The minimum Gasteiger partial charge on any atom is -0.475 e. The van der Waals surface area contributed by atoms with Gasteiger partial charge in [-0.1, -0.05) is 36.4 Å². The molecule has 170 valence electrons. The molecule has 2 aromatic carbocycles. The van der Waals surface area contributed by atoms with Gasteiger partial charge in [0.2, 0.25) is 0 Å². The fourth-order valence-corrected chi connectivity index (χ4v) is 4.45. The molecule has 0 radical (unpaired) electrons. The molecule has 0 amide bonds. The molecule has 0 bridgehead atoms. The van der Waals surface area contributed by atoms with Crippen LogP contribution in [0.25, 0.3) is 10.8 Å². The standard InChI is InChI=1S/C20H21N3OS.C2HF3O2/c24-20-16-7-2-1-6-15(16)14-22-23(20)12-11-21-18-9-5-13-25-19-10-4-3-8-17(18)19;3-2(4,5)1(6)7/h1-4,6-8,10,14,18,21H,5,9,11-13H2;(H,6,7). The average Bonchev–Trinajstić information content (AvgIpc) is 2.98. The second-order valence-corrected chi connectivity index (χ2v) is 8.24. The topological polar surface area (TPSA) is 84.2 Å². The molecule has 2 heterocycles. The first-order chi connectivity index (χ1) is 15.3. The van der Waals surface area contributed by atoms with Crippen LogP contribution in [0.3, 0.4) is 0 Å². The lowest BCUT2D eigenvalue weighted by molar-refractivity contribution is -0.192. The minimum atomic E-state index is -5.08. The van der Waals surface area contributed by atoms with Crippen molar-refractivity contribution in [3.05, 3.63) is 70.6 Å². The third kappa shape index (κ3) is 6.10.